The number of fused-ring (bicyclic) bond motifs is 1. The zero-order valence-corrected chi connectivity index (χ0v) is 23.4. The lowest BCUT2D eigenvalue weighted by molar-refractivity contribution is -0.123. The molecule has 0 unspecified atom stereocenters. The molecule has 0 aromatic heterocycles. The molecule has 0 aliphatic rings. The average molecular weight is 558 g/mol. The number of amides is 2. The van der Waals surface area contributed by atoms with Crippen LogP contribution < -0.4 is 15.4 Å². The molecular formula is C28H35N3O7S. The van der Waals surface area contributed by atoms with Crippen LogP contribution in [0.1, 0.15) is 27.7 Å². The van der Waals surface area contributed by atoms with Crippen molar-refractivity contribution in [2.75, 3.05) is 48.4 Å². The average Bonchev–Trinajstić information content (AvgIpc) is 2.88. The molecule has 0 bridgehead atoms. The topological polar surface area (TPSA) is 132 Å². The fraction of sp³-hybridized carbons (Fsp3) is 0.357. The van der Waals surface area contributed by atoms with E-state index < -0.39 is 21.5 Å². The third-order valence-corrected chi connectivity index (χ3v) is 6.96. The summed E-state index contributed by atoms with van der Waals surface area (Å²) in [5.41, 5.74) is 0.743. The van der Waals surface area contributed by atoms with Crippen molar-refractivity contribution in [3.8, 4) is 0 Å². The Morgan fingerprint density at radius 1 is 0.769 bits per heavy atom. The van der Waals surface area contributed by atoms with Crippen LogP contribution in [0.4, 0.5) is 21.9 Å². The van der Waals surface area contributed by atoms with E-state index >= 15 is 0 Å². The molecule has 210 valence electrons. The summed E-state index contributed by atoms with van der Waals surface area (Å²) in [6, 6.07) is 16.2. The highest BCUT2D eigenvalue weighted by Crippen LogP contribution is 2.30. The first-order valence-electron chi connectivity index (χ1n) is 12.6. The van der Waals surface area contributed by atoms with Crippen LogP contribution in [-0.2, 0) is 29.0 Å². The van der Waals surface area contributed by atoms with Crippen LogP contribution in [0.25, 0.3) is 10.8 Å². The first-order chi connectivity index (χ1) is 18.5. The van der Waals surface area contributed by atoms with E-state index in [9.17, 15) is 18.0 Å². The van der Waals surface area contributed by atoms with Crippen molar-refractivity contribution in [2.24, 2.45) is 5.41 Å². The predicted octanol–water partition coefficient (Wildman–Crippen LogP) is 5.23. The molecule has 0 aliphatic carbocycles. The Kier molecular flexibility index (Phi) is 10.3. The Morgan fingerprint density at radius 3 is 2.08 bits per heavy atom. The van der Waals surface area contributed by atoms with Gasteiger partial charge in [-0.15, -0.1) is 0 Å². The molecule has 0 fully saturated rings. The molecule has 0 heterocycles. The molecule has 3 N–H and O–H groups in total. The van der Waals surface area contributed by atoms with Crippen molar-refractivity contribution in [1.29, 1.82) is 0 Å². The number of carbonyl (C=O) groups excluding carboxylic acids is 2. The van der Waals surface area contributed by atoms with Crippen LogP contribution in [0.3, 0.4) is 0 Å². The van der Waals surface area contributed by atoms with E-state index in [0.29, 0.717) is 47.7 Å². The molecule has 39 heavy (non-hydrogen) atoms. The van der Waals surface area contributed by atoms with E-state index in [1.54, 1.807) is 75.4 Å². The van der Waals surface area contributed by atoms with E-state index in [1.807, 2.05) is 6.92 Å². The van der Waals surface area contributed by atoms with Gasteiger partial charge >= 0.3 is 6.09 Å². The standard InChI is InChI=1S/C28H35N3O7S/c1-5-36-16-17-37-18-19-38-27(33)30-24-10-6-9-23-22(24)8-7-11-25(23)39(34,35)31-21-14-12-20(13-15-21)29-26(32)28(2,3)4/h6-15,31H,5,16-19H2,1-4H3,(H,29,32)(H,30,33). The minimum atomic E-state index is -3.98. The lowest BCUT2D eigenvalue weighted by atomic mass is 9.95. The van der Waals surface area contributed by atoms with E-state index in [1.165, 1.54) is 6.07 Å². The quantitative estimate of drug-likeness (QED) is 0.260. The molecule has 0 spiro atoms. The van der Waals surface area contributed by atoms with Gasteiger partial charge in [0.2, 0.25) is 5.91 Å². The van der Waals surface area contributed by atoms with Crippen LogP contribution in [0.15, 0.2) is 65.6 Å². The highest BCUT2D eigenvalue weighted by Gasteiger charge is 2.22. The second-order valence-electron chi connectivity index (χ2n) is 9.61. The van der Waals surface area contributed by atoms with Gasteiger partial charge in [-0.1, -0.05) is 45.0 Å². The third kappa shape index (κ3) is 8.67. The fourth-order valence-electron chi connectivity index (χ4n) is 3.48. The Balaban J connectivity index is 1.68. The second-order valence-corrected chi connectivity index (χ2v) is 11.3. The van der Waals surface area contributed by atoms with E-state index in [2.05, 4.69) is 15.4 Å². The third-order valence-electron chi connectivity index (χ3n) is 5.52. The number of nitrogens with one attached hydrogen (secondary N) is 3. The van der Waals surface area contributed by atoms with Crippen molar-refractivity contribution in [3.63, 3.8) is 0 Å². The maximum Gasteiger partial charge on any atom is 0.411 e. The van der Waals surface area contributed by atoms with Crippen molar-refractivity contribution < 1.29 is 32.2 Å². The van der Waals surface area contributed by atoms with Crippen molar-refractivity contribution in [3.05, 3.63) is 60.7 Å². The van der Waals surface area contributed by atoms with Crippen LogP contribution in [0.5, 0.6) is 0 Å². The van der Waals surface area contributed by atoms with Gasteiger partial charge in [0.05, 0.1) is 30.4 Å². The van der Waals surface area contributed by atoms with Gasteiger partial charge < -0.3 is 19.5 Å². The molecule has 3 aromatic rings. The van der Waals surface area contributed by atoms with E-state index in [4.69, 9.17) is 14.2 Å². The zero-order chi connectivity index (χ0) is 28.5. The zero-order valence-electron chi connectivity index (χ0n) is 22.6. The van der Waals surface area contributed by atoms with E-state index in [0.717, 1.165) is 0 Å². The molecule has 0 saturated heterocycles. The molecule has 0 atom stereocenters. The summed E-state index contributed by atoms with van der Waals surface area (Å²) in [7, 11) is -3.98. The van der Waals surface area contributed by atoms with Crippen LogP contribution >= 0.6 is 0 Å². The van der Waals surface area contributed by atoms with Gasteiger partial charge in [-0.2, -0.15) is 0 Å². The van der Waals surface area contributed by atoms with E-state index in [-0.39, 0.29) is 24.0 Å². The number of hydrogen-bond acceptors (Lipinski definition) is 7. The lowest BCUT2D eigenvalue weighted by Gasteiger charge is -2.18. The van der Waals surface area contributed by atoms with Crippen LogP contribution in [0.2, 0.25) is 0 Å². The first kappa shape index (κ1) is 29.9. The minimum Gasteiger partial charge on any atom is -0.447 e. The Morgan fingerprint density at radius 2 is 1.38 bits per heavy atom. The van der Waals surface area contributed by atoms with Gasteiger partial charge in [-0.3, -0.25) is 14.8 Å². The second kappa shape index (κ2) is 13.4. The monoisotopic (exact) mass is 557 g/mol. The summed E-state index contributed by atoms with van der Waals surface area (Å²) in [5.74, 6) is -0.147. The van der Waals surface area contributed by atoms with Gasteiger partial charge in [0.25, 0.3) is 10.0 Å². The fourth-order valence-corrected chi connectivity index (χ4v) is 4.76. The van der Waals surface area contributed by atoms with Crippen LogP contribution in [-0.4, -0.2) is 53.5 Å². The Labute approximate surface area is 229 Å². The molecule has 0 saturated carbocycles. The van der Waals surface area contributed by atoms with Gasteiger partial charge in [0.1, 0.15) is 6.61 Å². The Bertz CT molecular complexity index is 1380. The van der Waals surface area contributed by atoms with Gasteiger partial charge in [0.15, 0.2) is 0 Å². The SMILES string of the molecule is CCOCCOCCOC(=O)Nc1cccc2c(S(=O)(=O)Nc3ccc(NC(=O)C(C)(C)C)cc3)cccc12. The van der Waals surface area contributed by atoms with Crippen molar-refractivity contribution >= 4 is 49.9 Å². The largest absolute Gasteiger partial charge is 0.447 e. The summed E-state index contributed by atoms with van der Waals surface area (Å²) in [6.45, 7) is 9.09. The maximum absolute atomic E-state index is 13.3. The number of anilines is 3. The summed E-state index contributed by atoms with van der Waals surface area (Å²) < 4.78 is 44.8. The molecule has 2 amide bonds. The van der Waals surface area contributed by atoms with Crippen molar-refractivity contribution in [2.45, 2.75) is 32.6 Å². The molecule has 0 radical (unpaired) electrons. The Hall–Kier alpha value is -3.67. The maximum atomic E-state index is 13.3. The molecule has 0 aliphatic heterocycles. The highest BCUT2D eigenvalue weighted by molar-refractivity contribution is 7.93. The number of hydrogen-bond donors (Lipinski definition) is 3. The predicted molar refractivity (Wildman–Crippen MR) is 152 cm³/mol. The summed E-state index contributed by atoms with van der Waals surface area (Å²) in [4.78, 5) is 24.5. The smallest absolute Gasteiger partial charge is 0.411 e. The number of ether oxygens (including phenoxy) is 3. The van der Waals surface area contributed by atoms with Gasteiger partial charge in [-0.05, 0) is 43.3 Å². The molecule has 3 rings (SSSR count). The summed E-state index contributed by atoms with van der Waals surface area (Å²) in [6.07, 6.45) is -0.680. The highest BCUT2D eigenvalue weighted by atomic mass is 32.2. The van der Waals surface area contributed by atoms with Crippen molar-refractivity contribution in [1.82, 2.24) is 0 Å². The molecule has 3 aromatic carbocycles. The minimum absolute atomic E-state index is 0.0461. The van der Waals surface area contributed by atoms with Gasteiger partial charge in [-0.25, -0.2) is 13.2 Å². The summed E-state index contributed by atoms with van der Waals surface area (Å²) in [5, 5.41) is 6.43. The van der Waals surface area contributed by atoms with Crippen LogP contribution in [0, 0.1) is 5.41 Å². The number of sulfonamides is 1. The number of rotatable bonds is 12. The number of carbonyl (C=O) groups is 2. The molecular weight excluding hydrogens is 522 g/mol. The lowest BCUT2D eigenvalue weighted by Crippen LogP contribution is -2.27. The summed E-state index contributed by atoms with van der Waals surface area (Å²) >= 11 is 0. The molecule has 11 heteroatoms. The molecule has 10 nitrogen and oxygen atoms in total. The normalized spacial score (nSPS) is 11.7. The first-order valence-corrected chi connectivity index (χ1v) is 14.0. The van der Waals surface area contributed by atoms with Gasteiger partial charge in [0, 0.05) is 34.2 Å². The number of benzene rings is 3.